The van der Waals surface area contributed by atoms with Crippen molar-refractivity contribution in [3.05, 3.63) is 91.0 Å². The summed E-state index contributed by atoms with van der Waals surface area (Å²) in [5.74, 6) is -0.824. The first-order chi connectivity index (χ1) is 24.1. The zero-order chi connectivity index (χ0) is 35.9. The van der Waals surface area contributed by atoms with E-state index in [1.807, 2.05) is 0 Å². The predicted octanol–water partition coefficient (Wildman–Crippen LogP) is 3.87. The second-order valence-corrected chi connectivity index (χ2v) is 11.9. The molecular formula is C34H38N4O12. The highest BCUT2D eigenvalue weighted by Gasteiger charge is 2.35. The highest BCUT2D eigenvalue weighted by molar-refractivity contribution is 6.00. The minimum atomic E-state index is -0.666. The van der Waals surface area contributed by atoms with Crippen molar-refractivity contribution in [3.63, 3.8) is 0 Å². The fraction of sp³-hybridized carbons (Fsp3) is 0.412. The Morgan fingerprint density at radius 3 is 1.50 bits per heavy atom. The Labute approximate surface area is 287 Å². The zero-order valence-corrected chi connectivity index (χ0v) is 27.6. The summed E-state index contributed by atoms with van der Waals surface area (Å²) in [5, 5.41) is 43.3. The molecule has 3 aromatic carbocycles. The Morgan fingerprint density at radius 2 is 1.14 bits per heavy atom. The van der Waals surface area contributed by atoms with Crippen molar-refractivity contribution in [2.45, 2.75) is 51.0 Å². The first-order valence-electron chi connectivity index (χ1n) is 16.0. The first kappa shape index (κ1) is 35.8. The summed E-state index contributed by atoms with van der Waals surface area (Å²) >= 11 is 0. The van der Waals surface area contributed by atoms with E-state index < -0.39 is 45.1 Å². The van der Waals surface area contributed by atoms with Crippen molar-refractivity contribution in [2.24, 2.45) is 0 Å². The van der Waals surface area contributed by atoms with Gasteiger partial charge in [0.25, 0.3) is 23.2 Å². The van der Waals surface area contributed by atoms with Crippen LogP contribution in [0.4, 0.5) is 11.4 Å². The molecule has 2 N–H and O–H groups in total. The highest BCUT2D eigenvalue weighted by Crippen LogP contribution is 2.38. The summed E-state index contributed by atoms with van der Waals surface area (Å²) in [6.07, 6.45) is 2.56. The molecule has 2 aliphatic heterocycles. The van der Waals surface area contributed by atoms with Crippen molar-refractivity contribution < 1.29 is 48.6 Å². The van der Waals surface area contributed by atoms with Crippen LogP contribution in [0.3, 0.4) is 0 Å². The molecule has 2 aliphatic rings. The van der Waals surface area contributed by atoms with Crippen LogP contribution in [0.1, 0.15) is 57.5 Å². The van der Waals surface area contributed by atoms with E-state index in [0.29, 0.717) is 49.9 Å². The largest absolute Gasteiger partial charge is 0.493 e. The van der Waals surface area contributed by atoms with Crippen molar-refractivity contribution in [3.8, 4) is 23.0 Å². The smallest absolute Gasteiger partial charge is 0.286 e. The van der Waals surface area contributed by atoms with Gasteiger partial charge in [0.1, 0.15) is 24.3 Å². The fourth-order valence-corrected chi connectivity index (χ4v) is 6.31. The van der Waals surface area contributed by atoms with E-state index in [0.717, 1.165) is 12.1 Å². The third-order valence-corrected chi connectivity index (χ3v) is 8.90. The number of likely N-dealkylation sites (tertiary alicyclic amines) is 2. The lowest BCUT2D eigenvalue weighted by molar-refractivity contribution is -0.385. The summed E-state index contributed by atoms with van der Waals surface area (Å²) in [6, 6.07) is 11.0. The number of hydrogen-bond acceptors (Lipinski definition) is 12. The summed E-state index contributed by atoms with van der Waals surface area (Å²) in [4.78, 5) is 52.0. The SMILES string of the molecule is COc1cc(C(=O)N2CCC[C@H]2CO)c([N+](=O)[O-])cc1OCc1cccc(COc2cc([N+](=O)[O-])c(C(=O)N3CCC[C@H]3CO)cc2OC)c1. The monoisotopic (exact) mass is 694 g/mol. The summed E-state index contributed by atoms with van der Waals surface area (Å²) in [5.41, 5.74) is 0.0553. The molecule has 3 aromatic rings. The molecule has 2 saturated heterocycles. The molecule has 266 valence electrons. The third-order valence-electron chi connectivity index (χ3n) is 8.90. The molecule has 5 rings (SSSR count). The molecular weight excluding hydrogens is 656 g/mol. The van der Waals surface area contributed by atoms with Gasteiger partial charge in [0.05, 0.1) is 61.5 Å². The predicted molar refractivity (Wildman–Crippen MR) is 177 cm³/mol. The van der Waals surface area contributed by atoms with Gasteiger partial charge in [-0.25, -0.2) is 0 Å². The van der Waals surface area contributed by atoms with Crippen LogP contribution in [0.25, 0.3) is 0 Å². The van der Waals surface area contributed by atoms with E-state index in [-0.39, 0.29) is 60.6 Å². The molecule has 2 amide bonds. The van der Waals surface area contributed by atoms with Crippen LogP contribution in [0.5, 0.6) is 23.0 Å². The van der Waals surface area contributed by atoms with E-state index >= 15 is 0 Å². The maximum Gasteiger partial charge on any atom is 0.286 e. The van der Waals surface area contributed by atoms with Crippen molar-refractivity contribution >= 4 is 23.2 Å². The number of rotatable bonds is 14. The van der Waals surface area contributed by atoms with Gasteiger partial charge in [-0.15, -0.1) is 0 Å². The van der Waals surface area contributed by atoms with Crippen LogP contribution in [-0.4, -0.2) is 94.3 Å². The molecule has 0 aromatic heterocycles. The maximum atomic E-state index is 13.3. The van der Waals surface area contributed by atoms with Crippen LogP contribution < -0.4 is 18.9 Å². The number of aliphatic hydroxyl groups is 2. The van der Waals surface area contributed by atoms with Crippen LogP contribution in [-0.2, 0) is 13.2 Å². The van der Waals surface area contributed by atoms with Gasteiger partial charge < -0.3 is 39.0 Å². The molecule has 16 nitrogen and oxygen atoms in total. The van der Waals surface area contributed by atoms with Crippen LogP contribution >= 0.6 is 0 Å². The molecule has 0 unspecified atom stereocenters. The van der Waals surface area contributed by atoms with Crippen LogP contribution in [0.2, 0.25) is 0 Å². The highest BCUT2D eigenvalue weighted by atomic mass is 16.6. The second-order valence-electron chi connectivity index (χ2n) is 11.9. The molecule has 16 heteroatoms. The number of nitro groups is 2. The molecule has 0 aliphatic carbocycles. The zero-order valence-electron chi connectivity index (χ0n) is 27.6. The average Bonchev–Trinajstić information content (AvgIpc) is 3.82. The van der Waals surface area contributed by atoms with Gasteiger partial charge in [-0.1, -0.05) is 18.2 Å². The van der Waals surface area contributed by atoms with Gasteiger partial charge in [0.15, 0.2) is 23.0 Å². The van der Waals surface area contributed by atoms with Gasteiger partial charge in [0, 0.05) is 25.2 Å². The number of amides is 2. The normalized spacial score (nSPS) is 17.0. The number of aliphatic hydroxyl groups excluding tert-OH is 2. The molecule has 0 bridgehead atoms. The summed E-state index contributed by atoms with van der Waals surface area (Å²) < 4.78 is 22.7. The van der Waals surface area contributed by atoms with E-state index in [9.17, 15) is 40.0 Å². The topological polar surface area (TPSA) is 204 Å². The number of carbonyl (C=O) groups is 2. The first-order valence-corrected chi connectivity index (χ1v) is 16.0. The number of nitro benzene ring substituents is 2. The number of ether oxygens (including phenoxy) is 4. The van der Waals surface area contributed by atoms with Crippen LogP contribution in [0, 0.1) is 20.2 Å². The molecule has 0 radical (unpaired) electrons. The van der Waals surface area contributed by atoms with Gasteiger partial charge in [0.2, 0.25) is 0 Å². The standard InChI is InChI=1S/C34H38N4O12/c1-47-29-13-25(33(41)35-10-4-8-23(35)17-39)27(37(43)44)15-31(29)49-19-21-6-3-7-22(12-21)20-50-32-16-28(38(45)46)26(14-30(32)48-2)34(42)36-11-5-9-24(36)18-40/h3,6-7,12-16,23-24,39-40H,4-5,8-11,17-20H2,1-2H3/t23-,24-/m0/s1. The van der Waals surface area contributed by atoms with E-state index in [4.69, 9.17) is 18.9 Å². The van der Waals surface area contributed by atoms with Gasteiger partial charge in [-0.3, -0.25) is 29.8 Å². The Kier molecular flexibility index (Phi) is 11.3. The summed E-state index contributed by atoms with van der Waals surface area (Å²) in [6.45, 7) is 0.193. The van der Waals surface area contributed by atoms with E-state index in [1.54, 1.807) is 24.3 Å². The lowest BCUT2D eigenvalue weighted by Crippen LogP contribution is -2.37. The lowest BCUT2D eigenvalue weighted by Gasteiger charge is -2.23. The fourth-order valence-electron chi connectivity index (χ4n) is 6.31. The molecule has 2 heterocycles. The van der Waals surface area contributed by atoms with Gasteiger partial charge >= 0.3 is 0 Å². The number of benzene rings is 3. The molecule has 2 atom stereocenters. The maximum absolute atomic E-state index is 13.3. The van der Waals surface area contributed by atoms with Crippen molar-refractivity contribution in [2.75, 3.05) is 40.5 Å². The van der Waals surface area contributed by atoms with E-state index in [1.165, 1.54) is 36.2 Å². The Balaban J connectivity index is 1.32. The molecule has 50 heavy (non-hydrogen) atoms. The quantitative estimate of drug-likeness (QED) is 0.182. The number of carbonyl (C=O) groups excluding carboxylic acids is 2. The number of methoxy groups -OCH3 is 2. The minimum absolute atomic E-state index is 0.0374. The molecule has 0 spiro atoms. The van der Waals surface area contributed by atoms with Crippen molar-refractivity contribution in [1.82, 2.24) is 9.80 Å². The number of nitrogens with zero attached hydrogens (tertiary/aromatic N) is 4. The summed E-state index contributed by atoms with van der Waals surface area (Å²) in [7, 11) is 2.71. The Hall–Kier alpha value is -5.48. The Bertz CT molecular complexity index is 1640. The molecule has 2 fully saturated rings. The van der Waals surface area contributed by atoms with E-state index in [2.05, 4.69) is 0 Å². The van der Waals surface area contributed by atoms with Crippen molar-refractivity contribution in [1.29, 1.82) is 0 Å². The lowest BCUT2D eigenvalue weighted by atomic mass is 10.1. The van der Waals surface area contributed by atoms with Gasteiger partial charge in [-0.2, -0.15) is 0 Å². The number of hydrogen-bond donors (Lipinski definition) is 2. The Morgan fingerprint density at radius 1 is 0.720 bits per heavy atom. The van der Waals surface area contributed by atoms with Crippen LogP contribution in [0.15, 0.2) is 48.5 Å². The second kappa shape index (κ2) is 15.8. The third kappa shape index (κ3) is 7.55. The van der Waals surface area contributed by atoms with Gasteiger partial charge in [-0.05, 0) is 42.9 Å². The molecule has 0 saturated carbocycles. The minimum Gasteiger partial charge on any atom is -0.493 e. The average molecular weight is 695 g/mol.